The monoisotopic (exact) mass is 1550 g/mol. The fraction of sp³-hybridized carbons (Fsp3) is 0.524. The average molecular weight is 1550 g/mol. The Morgan fingerprint density at radius 1 is 0.683 bits per heavy atom. The molecule has 11 amide bonds. The molecule has 11 atom stereocenters. The summed E-state index contributed by atoms with van der Waals surface area (Å²) in [5, 5.41) is 49.6. The van der Waals surface area contributed by atoms with E-state index >= 15 is 9.59 Å². The van der Waals surface area contributed by atoms with Gasteiger partial charge in [-0.05, 0) is 93.5 Å². The fourth-order valence-corrected chi connectivity index (χ4v) is 11.5. The van der Waals surface area contributed by atoms with E-state index in [1.54, 1.807) is 62.5 Å². The zero-order chi connectivity index (χ0) is 74.9. The first kappa shape index (κ1) is 85.1. The molecule has 21 N–H and O–H groups in total. The molecule has 1 unspecified atom stereocenters. The van der Waals surface area contributed by atoms with Crippen LogP contribution in [-0.2, 0) is 131 Å². The second-order valence-electron chi connectivity index (χ2n) is 24.0. The molecular weight excluding hydrogens is 1460 g/mol. The van der Waals surface area contributed by atoms with Crippen molar-refractivity contribution in [1.29, 1.82) is 0 Å². The maximum absolute atomic E-state index is 15.1. The normalized spacial score (nSPS) is 15.9. The molecule has 1 aliphatic rings. The van der Waals surface area contributed by atoms with Crippen LogP contribution in [0.1, 0.15) is 101 Å². The SMILES string of the molecule is CC(=O)N[C@H](C[S-])C([O-])=N[C@H](C[S-])C(=O)N[C@@H](CCC(=O)O)C(=O)N[C@@H](Cc1cnc[nH]1)C(=O)N[C@H](C(=O)N[C@@H](CCCNC(N)N)C(=O)N[C@@H](Cc1c[nH]c2ccccc12)C(=O)N[C@@H](C[S-])C(=O)N[C@@H](CCCCN)C(=O)N1CCCC1C(=O)N[C@H](C(N)=O)C(C)C)c1ccccc1.[O]=[99Tc+4]. The number of para-hydroxylation sites is 1. The van der Waals surface area contributed by atoms with Crippen LogP contribution in [0.5, 0.6) is 0 Å². The summed E-state index contributed by atoms with van der Waals surface area (Å²) in [6.07, 6.45) is 3.06. The number of hydrogen-bond donors (Lipinski definition) is 17. The molecule has 34 nitrogen and oxygen atoms in total. The molecule has 2 aromatic carbocycles. The first-order valence-corrected chi connectivity index (χ1v) is 34.9. The van der Waals surface area contributed by atoms with Crippen molar-refractivity contribution in [2.45, 2.75) is 164 Å². The third-order valence-corrected chi connectivity index (χ3v) is 17.0. The van der Waals surface area contributed by atoms with E-state index in [9.17, 15) is 58.2 Å². The summed E-state index contributed by atoms with van der Waals surface area (Å²) in [5.74, 6) is -13.4. The van der Waals surface area contributed by atoms with Crippen LogP contribution in [-0.4, -0.2) is 205 Å². The first-order chi connectivity index (χ1) is 48.2. The van der Waals surface area contributed by atoms with Crippen LogP contribution in [0.25, 0.3) is 10.9 Å². The number of aromatic amines is 2. The Hall–Kier alpha value is -8.36. The Labute approximate surface area is 610 Å². The van der Waals surface area contributed by atoms with Crippen LogP contribution in [0.4, 0.5) is 0 Å². The van der Waals surface area contributed by atoms with E-state index in [-0.39, 0.29) is 81.1 Å². The summed E-state index contributed by atoms with van der Waals surface area (Å²) in [6.45, 7) is 5.08. The molecule has 1 fully saturated rings. The number of aliphatic carboxylic acids is 1. The van der Waals surface area contributed by atoms with Gasteiger partial charge in [0.15, 0.2) is 0 Å². The van der Waals surface area contributed by atoms with Crippen LogP contribution in [0.3, 0.4) is 0 Å². The number of amides is 11. The number of primary amides is 1. The van der Waals surface area contributed by atoms with Gasteiger partial charge in [-0.25, -0.2) is 4.98 Å². The summed E-state index contributed by atoms with van der Waals surface area (Å²) < 4.78 is 8.22. The molecule has 4 aromatic rings. The zero-order valence-electron chi connectivity index (χ0n) is 55.9. The van der Waals surface area contributed by atoms with E-state index < -0.39 is 174 Å². The summed E-state index contributed by atoms with van der Waals surface area (Å²) in [4.78, 5) is 181. The number of aromatic nitrogens is 3. The number of nitrogens with zero attached hydrogens (tertiary/aromatic N) is 3. The number of carbonyl (C=O) groups is 12. The predicted octanol–water partition coefficient (Wildman–Crippen LogP) is -5.22. The summed E-state index contributed by atoms with van der Waals surface area (Å²) in [7, 11) is 0. The van der Waals surface area contributed by atoms with Crippen LogP contribution >= 0.6 is 0 Å². The van der Waals surface area contributed by atoms with Crippen molar-refractivity contribution in [3.8, 4) is 0 Å². The van der Waals surface area contributed by atoms with Gasteiger partial charge in [-0.15, -0.1) is 11.5 Å². The number of likely N-dealkylation sites (tertiary alicyclic amines) is 1. The molecule has 0 saturated carbocycles. The second kappa shape index (κ2) is 44.1. The van der Waals surface area contributed by atoms with E-state index in [1.165, 1.54) is 29.6 Å². The number of H-pyrrole nitrogens is 2. The number of unbranched alkanes of at least 4 members (excludes halogenated alkanes) is 1. The molecule has 0 bridgehead atoms. The quantitative estimate of drug-likeness (QED) is 0.00648. The number of fused-ring (bicyclic) bond motifs is 1. The van der Waals surface area contributed by atoms with Gasteiger partial charge < -0.3 is 134 Å². The molecule has 2 aromatic heterocycles. The molecule has 0 spiro atoms. The molecule has 3 heterocycles. The van der Waals surface area contributed by atoms with E-state index in [0.717, 1.165) is 25.8 Å². The minimum absolute atomic E-state index is 0.0801. The van der Waals surface area contributed by atoms with E-state index in [2.05, 4.69) is 73.1 Å². The number of nitrogens with two attached hydrogens (primary N) is 4. The molecular formula is C63H89N19O15S3Tc. The topological polar surface area (TPSA) is 550 Å². The first-order valence-electron chi connectivity index (χ1n) is 32.4. The Kier molecular flexibility index (Phi) is 37.1. The Morgan fingerprint density at radius 2 is 1.26 bits per heavy atom. The summed E-state index contributed by atoms with van der Waals surface area (Å²) in [6, 6.07) is -0.814. The van der Waals surface area contributed by atoms with Gasteiger partial charge in [0.05, 0.1) is 12.4 Å². The van der Waals surface area contributed by atoms with Crippen LogP contribution in [0.2, 0.25) is 0 Å². The van der Waals surface area contributed by atoms with Crippen LogP contribution < -0.4 is 81.2 Å². The Morgan fingerprint density at radius 3 is 1.85 bits per heavy atom. The standard InChI is InChI=1S/C63H93N19O14S3.O.Tc/c1-33(2)50(52(65)86)80-60(94)48-19-12-24-82(48)62(96)42(17-9-10-22-64)75-59(93)47(31-99)78-55(89)43(25-36-27-70-39-16-8-7-15-38(36)39)76-53(87)40(18-11-23-69-63(66)67)74-61(95)51(35-13-5-4-6-14-35)81-56(90)44(26-37-28-68-32-71-37)77-54(88)41(20-21-49(84)85)73-58(92)46(30-98)79-57(91)45(29-97)72-34(3)83;;/h4-8,13-16,27-28,32-33,40-48,50-51,63,69-70,97-99H,9-12,17-26,29-31,64,66-67H2,1-3H3,(H2,65,86)(H,68,71)(H,72,83)(H,73,92)(H,74,95)(H,75,93)(H,76,87)(H,77,88)(H,78,89)(H,79,91)(H,80,94)(H,81,90)(H,84,85);;/q;;+4/p-4/t40-,41-,42-,43-,44-,45+,46+,47-,48?,50-,51-;;/m0../s1/i;;1+1. The van der Waals surface area contributed by atoms with Gasteiger partial charge >= 0.3 is 28.3 Å². The Balaban J connectivity index is 0.0000107. The van der Waals surface area contributed by atoms with Crippen molar-refractivity contribution in [2.24, 2.45) is 33.8 Å². The Bertz CT molecular complexity index is 3450. The number of benzene rings is 2. The van der Waals surface area contributed by atoms with Gasteiger partial charge in [0.1, 0.15) is 60.7 Å². The second-order valence-corrected chi connectivity index (χ2v) is 25.0. The van der Waals surface area contributed by atoms with Gasteiger partial charge in [-0.1, -0.05) is 62.4 Å². The predicted molar refractivity (Wildman–Crippen MR) is 369 cm³/mol. The van der Waals surface area contributed by atoms with Crippen molar-refractivity contribution >= 4 is 126 Å². The van der Waals surface area contributed by atoms with Crippen LogP contribution in [0, 0.1) is 5.92 Å². The fourth-order valence-electron chi connectivity index (χ4n) is 10.8. The number of hydrogen-bond acceptors (Lipinski definition) is 23. The van der Waals surface area contributed by atoms with Gasteiger partial charge in [0, 0.05) is 67.8 Å². The average Bonchev–Trinajstić information content (AvgIpc) is 1.75. The third-order valence-electron chi connectivity index (χ3n) is 16.0. The van der Waals surface area contributed by atoms with Crippen molar-refractivity contribution in [3.05, 3.63) is 90.1 Å². The number of aliphatic imine (C=N–C) groups is 1. The van der Waals surface area contributed by atoms with E-state index in [0.29, 0.717) is 35.7 Å². The molecule has 0 aliphatic carbocycles. The number of imidazole rings is 1. The number of carboxylic acid groups (broad SMARTS) is 1. The minimum atomic E-state index is -1.70. The van der Waals surface area contributed by atoms with Gasteiger partial charge in [-0.3, -0.25) is 67.8 Å². The van der Waals surface area contributed by atoms with Crippen molar-refractivity contribution in [2.75, 3.05) is 36.9 Å². The summed E-state index contributed by atoms with van der Waals surface area (Å²) in [5.41, 5.74) is 24.6. The maximum atomic E-state index is 15.1. The van der Waals surface area contributed by atoms with Gasteiger partial charge in [0.2, 0.25) is 65.0 Å². The van der Waals surface area contributed by atoms with Crippen molar-refractivity contribution in [1.82, 2.24) is 73.0 Å². The molecule has 1 aliphatic heterocycles. The third kappa shape index (κ3) is 27.5. The summed E-state index contributed by atoms with van der Waals surface area (Å²) >= 11 is 16.4. The molecule has 5 rings (SSSR count). The number of nitrogens with one attached hydrogen (secondary N) is 12. The number of carboxylic acids is 1. The van der Waals surface area contributed by atoms with E-state index in [1.807, 2.05) is 0 Å². The van der Waals surface area contributed by atoms with E-state index in [4.69, 9.17) is 64.3 Å². The zero-order valence-corrected chi connectivity index (χ0v) is 60.2. The number of carbonyl (C=O) groups excluding carboxylic acids is 11. The van der Waals surface area contributed by atoms with Gasteiger partial charge in [0.25, 0.3) is 0 Å². The molecule has 38 heteroatoms. The van der Waals surface area contributed by atoms with Crippen molar-refractivity contribution < 1.29 is 90.1 Å². The number of rotatable bonds is 42. The van der Waals surface area contributed by atoms with Gasteiger partial charge in [-0.2, -0.15) is 5.75 Å². The van der Waals surface area contributed by atoms with Crippen LogP contribution in [0.15, 0.2) is 78.3 Å². The molecule has 1 saturated heterocycles. The molecule has 101 heavy (non-hydrogen) atoms. The molecule has 0 radical (unpaired) electrons. The molecule has 551 valence electrons. The van der Waals surface area contributed by atoms with Crippen molar-refractivity contribution in [3.63, 3.8) is 0 Å².